The van der Waals surface area contributed by atoms with Crippen LogP contribution in [0.25, 0.3) is 0 Å². The van der Waals surface area contributed by atoms with Crippen molar-refractivity contribution in [2.24, 2.45) is 0 Å². The SMILES string of the molecule is COC(=O)C(CS(=O)c1cccc(Cl)c1)NC(C)=O. The van der Waals surface area contributed by atoms with Crippen LogP contribution in [0.1, 0.15) is 6.92 Å². The molecule has 0 saturated carbocycles. The average molecular weight is 304 g/mol. The fraction of sp³-hybridized carbons (Fsp3) is 0.333. The number of halogens is 1. The molecule has 0 aromatic heterocycles. The fourth-order valence-corrected chi connectivity index (χ4v) is 2.87. The number of carbonyl (C=O) groups excluding carboxylic acids is 2. The molecule has 1 rings (SSSR count). The summed E-state index contributed by atoms with van der Waals surface area (Å²) in [5.41, 5.74) is 0. The predicted octanol–water partition coefficient (Wildman–Crippen LogP) is 1.13. The molecule has 1 aromatic rings. The van der Waals surface area contributed by atoms with Crippen molar-refractivity contribution in [3.63, 3.8) is 0 Å². The molecule has 7 heteroatoms. The number of nitrogens with one attached hydrogen (secondary N) is 1. The van der Waals surface area contributed by atoms with Gasteiger partial charge in [0, 0.05) is 16.8 Å². The summed E-state index contributed by atoms with van der Waals surface area (Å²) in [4.78, 5) is 23.0. The third-order valence-electron chi connectivity index (χ3n) is 2.24. The van der Waals surface area contributed by atoms with E-state index in [1.54, 1.807) is 24.3 Å². The van der Waals surface area contributed by atoms with Crippen LogP contribution in [0, 0.1) is 0 Å². The molecule has 0 heterocycles. The van der Waals surface area contributed by atoms with E-state index in [9.17, 15) is 13.8 Å². The Hall–Kier alpha value is -1.40. The number of rotatable bonds is 5. The van der Waals surface area contributed by atoms with E-state index in [4.69, 9.17) is 11.6 Å². The Morgan fingerprint density at radius 1 is 1.47 bits per heavy atom. The van der Waals surface area contributed by atoms with Crippen LogP contribution in [0.2, 0.25) is 5.02 Å². The molecule has 2 unspecified atom stereocenters. The Balaban J connectivity index is 2.81. The van der Waals surface area contributed by atoms with Gasteiger partial charge in [-0.05, 0) is 18.2 Å². The number of hydrogen-bond donors (Lipinski definition) is 1. The summed E-state index contributed by atoms with van der Waals surface area (Å²) in [6.07, 6.45) is 0. The van der Waals surface area contributed by atoms with Gasteiger partial charge in [-0.1, -0.05) is 17.7 Å². The van der Waals surface area contributed by atoms with Crippen molar-refractivity contribution < 1.29 is 18.5 Å². The second kappa shape index (κ2) is 7.25. The Bertz CT molecular complexity index is 506. The highest BCUT2D eigenvalue weighted by Gasteiger charge is 2.23. The molecule has 0 aliphatic rings. The number of esters is 1. The van der Waals surface area contributed by atoms with E-state index >= 15 is 0 Å². The molecule has 0 spiro atoms. The molecule has 0 aliphatic carbocycles. The number of hydrogen-bond acceptors (Lipinski definition) is 4. The van der Waals surface area contributed by atoms with Crippen molar-refractivity contribution in [3.05, 3.63) is 29.3 Å². The summed E-state index contributed by atoms with van der Waals surface area (Å²) in [5, 5.41) is 2.86. The average Bonchev–Trinajstić information content (AvgIpc) is 2.36. The lowest BCUT2D eigenvalue weighted by molar-refractivity contribution is -0.144. The van der Waals surface area contributed by atoms with Crippen LogP contribution in [0.15, 0.2) is 29.2 Å². The van der Waals surface area contributed by atoms with E-state index < -0.39 is 28.7 Å². The molecule has 0 fully saturated rings. The van der Waals surface area contributed by atoms with Crippen LogP contribution < -0.4 is 5.32 Å². The molecule has 1 amide bonds. The first-order valence-electron chi connectivity index (χ1n) is 5.43. The standard InChI is InChI=1S/C12H14ClNO4S/c1-8(15)14-11(12(16)18-2)7-19(17)10-5-3-4-9(13)6-10/h3-6,11H,7H2,1-2H3,(H,14,15). The first kappa shape index (κ1) is 15.7. The normalized spacial score (nSPS) is 13.4. The third kappa shape index (κ3) is 5.00. The Morgan fingerprint density at radius 3 is 2.68 bits per heavy atom. The van der Waals surface area contributed by atoms with Gasteiger partial charge in [0.1, 0.15) is 6.04 Å². The number of carbonyl (C=O) groups is 2. The molecular formula is C12H14ClNO4S. The van der Waals surface area contributed by atoms with Crippen LogP contribution in [0.3, 0.4) is 0 Å². The van der Waals surface area contributed by atoms with E-state index in [1.807, 2.05) is 0 Å². The summed E-state index contributed by atoms with van der Waals surface area (Å²) in [6.45, 7) is 1.28. The highest BCUT2D eigenvalue weighted by atomic mass is 35.5. The predicted molar refractivity (Wildman–Crippen MR) is 72.3 cm³/mol. The van der Waals surface area contributed by atoms with Crippen LogP contribution in [0.5, 0.6) is 0 Å². The van der Waals surface area contributed by atoms with Crippen LogP contribution in [-0.2, 0) is 25.1 Å². The molecule has 1 N–H and O–H groups in total. The lowest BCUT2D eigenvalue weighted by Gasteiger charge is -2.15. The summed E-state index contributed by atoms with van der Waals surface area (Å²) in [7, 11) is -0.255. The zero-order valence-electron chi connectivity index (χ0n) is 10.5. The van der Waals surface area contributed by atoms with Gasteiger partial charge < -0.3 is 10.1 Å². The van der Waals surface area contributed by atoms with Crippen molar-refractivity contribution >= 4 is 34.3 Å². The smallest absolute Gasteiger partial charge is 0.329 e. The molecule has 0 saturated heterocycles. The summed E-state index contributed by atoms with van der Waals surface area (Å²) in [5.74, 6) is -1.09. The van der Waals surface area contributed by atoms with Crippen LogP contribution >= 0.6 is 11.6 Å². The van der Waals surface area contributed by atoms with Gasteiger partial charge in [0.15, 0.2) is 0 Å². The number of benzene rings is 1. The fourth-order valence-electron chi connectivity index (χ4n) is 1.41. The number of methoxy groups -OCH3 is 1. The summed E-state index contributed by atoms with van der Waals surface area (Å²) in [6, 6.07) is 5.58. The molecule has 5 nitrogen and oxygen atoms in total. The van der Waals surface area contributed by atoms with E-state index in [-0.39, 0.29) is 5.75 Å². The highest BCUT2D eigenvalue weighted by molar-refractivity contribution is 7.85. The third-order valence-corrected chi connectivity index (χ3v) is 3.89. The molecule has 0 bridgehead atoms. The second-order valence-corrected chi connectivity index (χ2v) is 5.68. The van der Waals surface area contributed by atoms with Crippen LogP contribution in [-0.4, -0.2) is 35.0 Å². The molecular weight excluding hydrogens is 290 g/mol. The van der Waals surface area contributed by atoms with Gasteiger partial charge >= 0.3 is 5.97 Å². The van der Waals surface area contributed by atoms with E-state index in [1.165, 1.54) is 14.0 Å². The Labute approximate surface area is 118 Å². The molecule has 2 atom stereocenters. The minimum atomic E-state index is -1.46. The molecule has 0 radical (unpaired) electrons. The maximum atomic E-state index is 12.1. The minimum absolute atomic E-state index is 0.0629. The molecule has 19 heavy (non-hydrogen) atoms. The first-order chi connectivity index (χ1) is 8.93. The van der Waals surface area contributed by atoms with Gasteiger partial charge in [-0.25, -0.2) is 4.79 Å². The Kier molecular flexibility index (Phi) is 5.98. The lowest BCUT2D eigenvalue weighted by atomic mass is 10.3. The largest absolute Gasteiger partial charge is 0.467 e. The highest BCUT2D eigenvalue weighted by Crippen LogP contribution is 2.14. The molecule has 1 aromatic carbocycles. The van der Waals surface area contributed by atoms with Gasteiger partial charge in [-0.3, -0.25) is 9.00 Å². The summed E-state index contributed by atoms with van der Waals surface area (Å²) < 4.78 is 16.7. The lowest BCUT2D eigenvalue weighted by Crippen LogP contribution is -2.44. The van der Waals surface area contributed by atoms with Crippen molar-refractivity contribution in [2.45, 2.75) is 17.9 Å². The van der Waals surface area contributed by atoms with Gasteiger partial charge in [0.05, 0.1) is 23.7 Å². The van der Waals surface area contributed by atoms with E-state index in [0.717, 1.165) is 0 Å². The van der Waals surface area contributed by atoms with Gasteiger partial charge in [0.25, 0.3) is 0 Å². The van der Waals surface area contributed by atoms with E-state index in [0.29, 0.717) is 9.92 Å². The quantitative estimate of drug-likeness (QED) is 0.828. The second-order valence-electron chi connectivity index (χ2n) is 3.75. The van der Waals surface area contributed by atoms with Crippen molar-refractivity contribution in [2.75, 3.05) is 12.9 Å². The molecule has 104 valence electrons. The van der Waals surface area contributed by atoms with Crippen LogP contribution in [0.4, 0.5) is 0 Å². The van der Waals surface area contributed by atoms with Gasteiger partial charge in [-0.2, -0.15) is 0 Å². The zero-order chi connectivity index (χ0) is 14.4. The zero-order valence-corrected chi connectivity index (χ0v) is 12.1. The molecule has 0 aliphatic heterocycles. The number of ether oxygens (including phenoxy) is 1. The number of amides is 1. The van der Waals surface area contributed by atoms with Crippen molar-refractivity contribution in [1.29, 1.82) is 0 Å². The van der Waals surface area contributed by atoms with Crippen molar-refractivity contribution in [1.82, 2.24) is 5.32 Å². The topological polar surface area (TPSA) is 72.5 Å². The Morgan fingerprint density at radius 2 is 2.16 bits per heavy atom. The van der Waals surface area contributed by atoms with Crippen molar-refractivity contribution in [3.8, 4) is 0 Å². The van der Waals surface area contributed by atoms with E-state index in [2.05, 4.69) is 10.1 Å². The van der Waals surface area contributed by atoms with Gasteiger partial charge in [-0.15, -0.1) is 0 Å². The minimum Gasteiger partial charge on any atom is -0.467 e. The maximum absolute atomic E-state index is 12.1. The first-order valence-corrected chi connectivity index (χ1v) is 7.12. The monoisotopic (exact) mass is 303 g/mol. The summed E-state index contributed by atoms with van der Waals surface area (Å²) >= 11 is 5.80. The van der Waals surface area contributed by atoms with Gasteiger partial charge in [0.2, 0.25) is 5.91 Å². The maximum Gasteiger partial charge on any atom is 0.329 e.